The van der Waals surface area contributed by atoms with Crippen LogP contribution in [0.1, 0.15) is 44.5 Å². The van der Waals surface area contributed by atoms with Crippen molar-refractivity contribution >= 4 is 32.8 Å². The van der Waals surface area contributed by atoms with Gasteiger partial charge in [-0.05, 0) is 47.0 Å². The lowest BCUT2D eigenvalue weighted by Gasteiger charge is -2.31. The van der Waals surface area contributed by atoms with Crippen LogP contribution in [0.5, 0.6) is 0 Å². The van der Waals surface area contributed by atoms with E-state index in [1.165, 1.54) is 0 Å². The van der Waals surface area contributed by atoms with E-state index >= 15 is 0 Å². The number of fused-ring (bicyclic) bond motifs is 1. The fourth-order valence-electron chi connectivity index (χ4n) is 3.39. The summed E-state index contributed by atoms with van der Waals surface area (Å²) >= 11 is 3.25. The number of anilines is 1. The zero-order chi connectivity index (χ0) is 17.6. The van der Waals surface area contributed by atoms with E-state index in [4.69, 9.17) is 4.52 Å². The molecule has 0 aliphatic carbocycles. The smallest absolute Gasteiger partial charge is 0.324 e. The van der Waals surface area contributed by atoms with E-state index in [0.717, 1.165) is 42.7 Å². The highest BCUT2D eigenvalue weighted by molar-refractivity contribution is 9.10. The average Bonchev–Trinajstić information content (AvgIpc) is 3.23. The van der Waals surface area contributed by atoms with Crippen LogP contribution in [0.15, 0.2) is 33.4 Å². The van der Waals surface area contributed by atoms with Crippen molar-refractivity contribution < 1.29 is 8.91 Å². The van der Waals surface area contributed by atoms with Gasteiger partial charge in [0.05, 0.1) is 9.99 Å². The Bertz CT molecular complexity index is 896. The molecule has 0 amide bonds. The van der Waals surface area contributed by atoms with Crippen LogP contribution in [0, 0.1) is 5.82 Å². The summed E-state index contributed by atoms with van der Waals surface area (Å²) in [6.45, 7) is 5.80. The molecule has 0 atom stereocenters. The zero-order valence-electron chi connectivity index (χ0n) is 14.2. The fraction of sp³-hybridized carbons (Fsp3) is 0.444. The Balaban J connectivity index is 1.51. The van der Waals surface area contributed by atoms with E-state index in [9.17, 15) is 4.39 Å². The van der Waals surface area contributed by atoms with Crippen molar-refractivity contribution in [2.45, 2.75) is 38.6 Å². The monoisotopic (exact) mass is 406 g/mol. The molecule has 0 spiro atoms. The van der Waals surface area contributed by atoms with E-state index in [1.807, 2.05) is 12.1 Å². The van der Waals surface area contributed by atoms with Crippen molar-refractivity contribution in [3.05, 3.63) is 40.5 Å². The van der Waals surface area contributed by atoms with Crippen LogP contribution < -0.4 is 4.90 Å². The lowest BCUT2D eigenvalue weighted by molar-refractivity contribution is 0.361. The maximum absolute atomic E-state index is 13.9. The van der Waals surface area contributed by atoms with Gasteiger partial charge >= 0.3 is 6.01 Å². The zero-order valence-corrected chi connectivity index (χ0v) is 15.8. The molecular formula is C18H20BrFN4O. The molecule has 7 heteroatoms. The van der Waals surface area contributed by atoms with Crippen LogP contribution >= 0.6 is 15.9 Å². The maximum Gasteiger partial charge on any atom is 0.324 e. The summed E-state index contributed by atoms with van der Waals surface area (Å²) in [5.41, 5.74) is 0.944. The molecule has 3 heterocycles. The molecule has 0 radical (unpaired) electrons. The Labute approximate surface area is 153 Å². The van der Waals surface area contributed by atoms with E-state index in [-0.39, 0.29) is 11.7 Å². The van der Waals surface area contributed by atoms with Gasteiger partial charge in [-0.25, -0.2) is 4.39 Å². The molecule has 4 rings (SSSR count). The van der Waals surface area contributed by atoms with Gasteiger partial charge in [-0.15, -0.1) is 0 Å². The number of piperidine rings is 1. The standard InChI is InChI=1S/C18H20BrFN4O/c1-11(2)17-21-18(25-22-17)23-6-4-13(5-7-23)24-8-3-12-9-14(19)15(20)10-16(12)24/h3,8-11,13H,4-7H2,1-2H3. The summed E-state index contributed by atoms with van der Waals surface area (Å²) in [7, 11) is 0. The van der Waals surface area contributed by atoms with Crippen LogP contribution in [-0.2, 0) is 0 Å². The molecule has 2 aromatic heterocycles. The second-order valence-corrected chi connectivity index (χ2v) is 7.71. The highest BCUT2D eigenvalue weighted by Crippen LogP contribution is 2.31. The van der Waals surface area contributed by atoms with Crippen LogP contribution in [0.3, 0.4) is 0 Å². The molecular weight excluding hydrogens is 387 g/mol. The van der Waals surface area contributed by atoms with Gasteiger partial charge in [0.25, 0.3) is 0 Å². The Kier molecular flexibility index (Phi) is 4.27. The molecule has 1 aliphatic rings. The molecule has 25 heavy (non-hydrogen) atoms. The largest absolute Gasteiger partial charge is 0.344 e. The molecule has 132 valence electrons. The van der Waals surface area contributed by atoms with Crippen molar-refractivity contribution in [1.29, 1.82) is 0 Å². The van der Waals surface area contributed by atoms with Crippen LogP contribution in [-0.4, -0.2) is 27.8 Å². The molecule has 0 N–H and O–H groups in total. The number of hydrogen-bond acceptors (Lipinski definition) is 4. The maximum atomic E-state index is 13.9. The molecule has 5 nitrogen and oxygen atoms in total. The van der Waals surface area contributed by atoms with Gasteiger partial charge in [0, 0.05) is 36.6 Å². The number of nitrogens with zero attached hydrogens (tertiary/aromatic N) is 4. The Morgan fingerprint density at radius 1 is 1.28 bits per heavy atom. The van der Waals surface area contributed by atoms with Gasteiger partial charge in [-0.1, -0.05) is 19.0 Å². The average molecular weight is 407 g/mol. The molecule has 0 bridgehead atoms. The Morgan fingerprint density at radius 3 is 2.72 bits per heavy atom. The quantitative estimate of drug-likeness (QED) is 0.620. The first-order valence-electron chi connectivity index (χ1n) is 8.57. The van der Waals surface area contributed by atoms with Gasteiger partial charge in [0.15, 0.2) is 5.82 Å². The summed E-state index contributed by atoms with van der Waals surface area (Å²) < 4.78 is 22.0. The minimum atomic E-state index is -0.225. The minimum absolute atomic E-state index is 0.225. The first-order chi connectivity index (χ1) is 12.0. The minimum Gasteiger partial charge on any atom is -0.344 e. The van der Waals surface area contributed by atoms with E-state index in [2.05, 4.69) is 55.6 Å². The molecule has 0 saturated carbocycles. The number of aromatic nitrogens is 3. The van der Waals surface area contributed by atoms with Gasteiger partial charge < -0.3 is 14.0 Å². The predicted octanol–water partition coefficient (Wildman–Crippen LogP) is 4.89. The normalized spacial score (nSPS) is 16.3. The first-order valence-corrected chi connectivity index (χ1v) is 9.36. The lowest BCUT2D eigenvalue weighted by atomic mass is 10.0. The number of halogens is 2. The molecule has 1 aliphatic heterocycles. The fourth-order valence-corrected chi connectivity index (χ4v) is 3.75. The number of hydrogen-bond donors (Lipinski definition) is 0. The van der Waals surface area contributed by atoms with Gasteiger partial charge in [0.1, 0.15) is 5.82 Å². The third-order valence-electron chi connectivity index (χ3n) is 4.84. The van der Waals surface area contributed by atoms with E-state index in [1.54, 1.807) is 6.07 Å². The molecule has 1 aromatic carbocycles. The van der Waals surface area contributed by atoms with Gasteiger partial charge in [-0.2, -0.15) is 4.98 Å². The number of benzene rings is 1. The van der Waals surface area contributed by atoms with Crippen molar-refractivity contribution in [1.82, 2.24) is 14.7 Å². The van der Waals surface area contributed by atoms with Crippen LogP contribution in [0.4, 0.5) is 10.4 Å². The van der Waals surface area contributed by atoms with Gasteiger partial charge in [-0.3, -0.25) is 0 Å². The first kappa shape index (κ1) is 16.6. The van der Waals surface area contributed by atoms with E-state index < -0.39 is 0 Å². The van der Waals surface area contributed by atoms with Crippen LogP contribution in [0.2, 0.25) is 0 Å². The highest BCUT2D eigenvalue weighted by Gasteiger charge is 2.25. The van der Waals surface area contributed by atoms with Crippen LogP contribution in [0.25, 0.3) is 10.9 Å². The molecule has 1 saturated heterocycles. The predicted molar refractivity (Wildman–Crippen MR) is 98.5 cm³/mol. The number of rotatable bonds is 3. The van der Waals surface area contributed by atoms with Crippen molar-refractivity contribution in [3.63, 3.8) is 0 Å². The summed E-state index contributed by atoms with van der Waals surface area (Å²) in [5, 5.41) is 5.09. The summed E-state index contributed by atoms with van der Waals surface area (Å²) in [6.07, 6.45) is 3.97. The molecule has 3 aromatic rings. The van der Waals surface area contributed by atoms with Crippen molar-refractivity contribution in [2.75, 3.05) is 18.0 Å². The Morgan fingerprint density at radius 2 is 2.04 bits per heavy atom. The Hall–Kier alpha value is -1.89. The highest BCUT2D eigenvalue weighted by atomic mass is 79.9. The topological polar surface area (TPSA) is 47.1 Å². The summed E-state index contributed by atoms with van der Waals surface area (Å²) in [5.74, 6) is 0.780. The third-order valence-corrected chi connectivity index (χ3v) is 5.45. The lowest BCUT2D eigenvalue weighted by Crippen LogP contribution is -2.34. The molecule has 1 fully saturated rings. The second kappa shape index (κ2) is 6.44. The SMILES string of the molecule is CC(C)c1noc(N2CCC(n3ccc4cc(Br)c(F)cc43)CC2)n1. The van der Waals surface area contributed by atoms with Gasteiger partial charge in [0.2, 0.25) is 0 Å². The van der Waals surface area contributed by atoms with Crippen molar-refractivity contribution in [2.24, 2.45) is 0 Å². The molecule has 0 unspecified atom stereocenters. The summed E-state index contributed by atoms with van der Waals surface area (Å²) in [6, 6.07) is 6.44. The van der Waals surface area contributed by atoms with E-state index in [0.29, 0.717) is 16.5 Å². The third kappa shape index (κ3) is 3.05. The summed E-state index contributed by atoms with van der Waals surface area (Å²) in [4.78, 5) is 6.62. The van der Waals surface area contributed by atoms with Crippen molar-refractivity contribution in [3.8, 4) is 0 Å². The second-order valence-electron chi connectivity index (χ2n) is 6.86.